The van der Waals surface area contributed by atoms with Crippen LogP contribution < -0.4 is 0 Å². The van der Waals surface area contributed by atoms with E-state index in [0.717, 1.165) is 32.0 Å². The van der Waals surface area contributed by atoms with Crippen molar-refractivity contribution < 1.29 is 9.59 Å². The van der Waals surface area contributed by atoms with Crippen LogP contribution in [0.4, 0.5) is 0 Å². The SMILES string of the molecule is CCCCCCCCCCCCCCCCCC(=O)C(C=O)CCCCCCCCCCCCCCCCC. The summed E-state index contributed by atoms with van der Waals surface area (Å²) >= 11 is 0. The lowest BCUT2D eigenvalue weighted by Gasteiger charge is -2.09. The van der Waals surface area contributed by atoms with Gasteiger partial charge in [-0.1, -0.05) is 200 Å². The van der Waals surface area contributed by atoms with E-state index in [-0.39, 0.29) is 11.7 Å². The number of hydrogen-bond donors (Lipinski definition) is 0. The average Bonchev–Trinajstić information content (AvgIpc) is 2.95. The van der Waals surface area contributed by atoms with Gasteiger partial charge in [-0.15, -0.1) is 0 Å². The van der Waals surface area contributed by atoms with Crippen LogP contribution in [0, 0.1) is 5.92 Å². The molecule has 0 aliphatic heterocycles. The van der Waals surface area contributed by atoms with Crippen molar-refractivity contribution in [1.29, 1.82) is 0 Å². The van der Waals surface area contributed by atoms with Gasteiger partial charge in [-0.3, -0.25) is 4.79 Å². The Kier molecular flexibility index (Phi) is 33.0. The maximum absolute atomic E-state index is 12.5. The minimum atomic E-state index is -0.335. The van der Waals surface area contributed by atoms with Crippen molar-refractivity contribution in [2.75, 3.05) is 0 Å². The second kappa shape index (κ2) is 33.5. The molecule has 0 radical (unpaired) electrons. The fraction of sp³-hybridized carbons (Fsp3) is 0.946. The Balaban J connectivity index is 3.40. The molecule has 232 valence electrons. The van der Waals surface area contributed by atoms with Gasteiger partial charge in [0, 0.05) is 6.42 Å². The quantitative estimate of drug-likeness (QED) is 0.0455. The Morgan fingerprint density at radius 2 is 0.667 bits per heavy atom. The maximum Gasteiger partial charge on any atom is 0.143 e. The molecule has 2 nitrogen and oxygen atoms in total. The van der Waals surface area contributed by atoms with Crippen molar-refractivity contribution >= 4 is 12.1 Å². The van der Waals surface area contributed by atoms with Gasteiger partial charge in [0.2, 0.25) is 0 Å². The van der Waals surface area contributed by atoms with Gasteiger partial charge in [-0.25, -0.2) is 0 Å². The van der Waals surface area contributed by atoms with Crippen LogP contribution in [0.1, 0.15) is 219 Å². The molecule has 0 heterocycles. The summed E-state index contributed by atoms with van der Waals surface area (Å²) in [4.78, 5) is 23.9. The van der Waals surface area contributed by atoms with E-state index >= 15 is 0 Å². The molecule has 0 saturated heterocycles. The first-order valence-electron chi connectivity index (χ1n) is 18.2. The molecule has 0 N–H and O–H groups in total. The minimum absolute atomic E-state index is 0.199. The molecule has 0 bridgehead atoms. The fourth-order valence-corrected chi connectivity index (χ4v) is 5.90. The third-order valence-electron chi connectivity index (χ3n) is 8.72. The summed E-state index contributed by atoms with van der Waals surface area (Å²) in [7, 11) is 0. The second-order valence-corrected chi connectivity index (χ2v) is 12.6. The van der Waals surface area contributed by atoms with E-state index in [1.54, 1.807) is 0 Å². The normalized spacial score (nSPS) is 12.2. The molecule has 0 fully saturated rings. The lowest BCUT2D eigenvalue weighted by Crippen LogP contribution is -2.15. The zero-order chi connectivity index (χ0) is 28.5. The number of Topliss-reactive ketones (excluding diaryl/α,β-unsaturated/α-hetero) is 1. The summed E-state index contributed by atoms with van der Waals surface area (Å²) in [5.41, 5.74) is 0. The van der Waals surface area contributed by atoms with E-state index in [0.29, 0.717) is 6.42 Å². The van der Waals surface area contributed by atoms with E-state index in [1.807, 2.05) is 0 Å². The molecule has 0 rings (SSSR count). The van der Waals surface area contributed by atoms with E-state index in [9.17, 15) is 9.59 Å². The van der Waals surface area contributed by atoms with Gasteiger partial charge < -0.3 is 4.79 Å². The molecule has 0 aromatic carbocycles. The topological polar surface area (TPSA) is 34.1 Å². The van der Waals surface area contributed by atoms with E-state index in [4.69, 9.17) is 0 Å². The van der Waals surface area contributed by atoms with E-state index in [1.165, 1.54) is 173 Å². The van der Waals surface area contributed by atoms with Gasteiger partial charge in [0.15, 0.2) is 0 Å². The van der Waals surface area contributed by atoms with Gasteiger partial charge in [0.1, 0.15) is 12.1 Å². The molecule has 1 atom stereocenters. The van der Waals surface area contributed by atoms with Gasteiger partial charge in [-0.05, 0) is 12.8 Å². The molecule has 0 aliphatic rings. The zero-order valence-corrected chi connectivity index (χ0v) is 27.1. The van der Waals surface area contributed by atoms with Crippen molar-refractivity contribution in [3.63, 3.8) is 0 Å². The number of ketones is 1. The molecular formula is C37H72O2. The summed E-state index contributed by atoms with van der Waals surface area (Å²) in [5.74, 6) is -0.135. The third-order valence-corrected chi connectivity index (χ3v) is 8.72. The molecule has 0 saturated carbocycles. The standard InChI is InChI=1S/C37H72O2/c1-3-5-7-9-11-13-15-17-19-21-23-25-27-29-31-33-36(35-38)37(39)34-32-30-28-26-24-22-20-18-16-14-12-10-8-6-4-2/h35-36H,3-34H2,1-2H3. The van der Waals surface area contributed by atoms with Crippen LogP contribution in [0.15, 0.2) is 0 Å². The Bertz CT molecular complexity index is 486. The predicted molar refractivity (Wildman–Crippen MR) is 174 cm³/mol. The lowest BCUT2D eigenvalue weighted by atomic mass is 9.94. The predicted octanol–water partition coefficient (Wildman–Crippen LogP) is 12.9. The number of carbonyl (C=O) groups is 2. The lowest BCUT2D eigenvalue weighted by molar-refractivity contribution is -0.127. The molecule has 0 aliphatic carbocycles. The van der Waals surface area contributed by atoms with Crippen LogP contribution in [0.2, 0.25) is 0 Å². The molecule has 0 aromatic rings. The van der Waals surface area contributed by atoms with Crippen molar-refractivity contribution in [3.05, 3.63) is 0 Å². The van der Waals surface area contributed by atoms with Crippen LogP contribution >= 0.6 is 0 Å². The first-order valence-corrected chi connectivity index (χ1v) is 18.2. The van der Waals surface area contributed by atoms with Crippen LogP contribution in [0.5, 0.6) is 0 Å². The number of carbonyl (C=O) groups excluding carboxylic acids is 2. The summed E-state index contributed by atoms with van der Waals surface area (Å²) in [6, 6.07) is 0. The second-order valence-electron chi connectivity index (χ2n) is 12.6. The highest BCUT2D eigenvalue weighted by Crippen LogP contribution is 2.18. The Labute approximate surface area is 246 Å². The van der Waals surface area contributed by atoms with Gasteiger partial charge in [-0.2, -0.15) is 0 Å². The zero-order valence-electron chi connectivity index (χ0n) is 27.1. The van der Waals surface area contributed by atoms with Crippen LogP contribution in [-0.2, 0) is 9.59 Å². The largest absolute Gasteiger partial charge is 0.303 e. The van der Waals surface area contributed by atoms with Gasteiger partial charge in [0.05, 0.1) is 5.92 Å². The summed E-state index contributed by atoms with van der Waals surface area (Å²) in [6.45, 7) is 4.57. The summed E-state index contributed by atoms with van der Waals surface area (Å²) in [6.07, 6.45) is 42.6. The van der Waals surface area contributed by atoms with Crippen molar-refractivity contribution in [1.82, 2.24) is 0 Å². The summed E-state index contributed by atoms with van der Waals surface area (Å²) in [5, 5.41) is 0. The first kappa shape index (κ1) is 38.3. The maximum atomic E-state index is 12.5. The monoisotopic (exact) mass is 549 g/mol. The van der Waals surface area contributed by atoms with Crippen molar-refractivity contribution in [2.24, 2.45) is 5.92 Å². The van der Waals surface area contributed by atoms with Gasteiger partial charge >= 0.3 is 0 Å². The molecule has 0 aromatic heterocycles. The Morgan fingerprint density at radius 3 is 0.949 bits per heavy atom. The highest BCUT2D eigenvalue weighted by molar-refractivity contribution is 5.93. The summed E-state index contributed by atoms with van der Waals surface area (Å²) < 4.78 is 0. The van der Waals surface area contributed by atoms with Crippen molar-refractivity contribution in [3.8, 4) is 0 Å². The van der Waals surface area contributed by atoms with E-state index in [2.05, 4.69) is 13.8 Å². The van der Waals surface area contributed by atoms with Crippen LogP contribution in [-0.4, -0.2) is 12.1 Å². The van der Waals surface area contributed by atoms with Crippen LogP contribution in [0.3, 0.4) is 0 Å². The highest BCUT2D eigenvalue weighted by Gasteiger charge is 2.16. The molecular weight excluding hydrogens is 476 g/mol. The molecule has 1 unspecified atom stereocenters. The highest BCUT2D eigenvalue weighted by atomic mass is 16.1. The molecule has 0 spiro atoms. The average molecular weight is 549 g/mol. The number of unbranched alkanes of at least 4 members (excludes halogenated alkanes) is 28. The molecule has 39 heavy (non-hydrogen) atoms. The number of hydrogen-bond acceptors (Lipinski definition) is 2. The minimum Gasteiger partial charge on any atom is -0.303 e. The molecule has 2 heteroatoms. The Hall–Kier alpha value is -0.660. The fourth-order valence-electron chi connectivity index (χ4n) is 5.90. The molecule has 0 amide bonds. The smallest absolute Gasteiger partial charge is 0.143 e. The number of aldehydes is 1. The Morgan fingerprint density at radius 1 is 0.410 bits per heavy atom. The number of rotatable bonds is 34. The van der Waals surface area contributed by atoms with Crippen molar-refractivity contribution in [2.45, 2.75) is 219 Å². The van der Waals surface area contributed by atoms with Gasteiger partial charge in [0.25, 0.3) is 0 Å². The third kappa shape index (κ3) is 30.1. The first-order chi connectivity index (χ1) is 19.3. The van der Waals surface area contributed by atoms with Crippen LogP contribution in [0.25, 0.3) is 0 Å². The van der Waals surface area contributed by atoms with E-state index < -0.39 is 0 Å².